The summed E-state index contributed by atoms with van der Waals surface area (Å²) in [6, 6.07) is 84.9. The Balaban J connectivity index is 0.961. The zero-order valence-electron chi connectivity index (χ0n) is 40.8. The van der Waals surface area contributed by atoms with Gasteiger partial charge in [-0.1, -0.05) is 206 Å². The van der Waals surface area contributed by atoms with Crippen LogP contribution in [0.25, 0.3) is 72.0 Å². The van der Waals surface area contributed by atoms with Gasteiger partial charge in [-0.25, -0.2) is 0 Å². The van der Waals surface area contributed by atoms with Crippen molar-refractivity contribution in [1.82, 2.24) is 0 Å². The molecule has 5 aliphatic rings. The summed E-state index contributed by atoms with van der Waals surface area (Å²) >= 11 is 0. The molecule has 0 aromatic heterocycles. The lowest BCUT2D eigenvalue weighted by molar-refractivity contribution is 0.587. The number of hydrogen-bond acceptors (Lipinski definition) is 0. The van der Waals surface area contributed by atoms with Crippen LogP contribution >= 0.6 is 0 Å². The quantitative estimate of drug-likeness (QED) is 0.146. The highest BCUT2D eigenvalue weighted by molar-refractivity contribution is 5.99. The summed E-state index contributed by atoms with van der Waals surface area (Å²) in [7, 11) is 0. The minimum atomic E-state index is -0.486. The first-order valence-corrected chi connectivity index (χ1v) is 26.0. The second kappa shape index (κ2) is 16.1. The van der Waals surface area contributed by atoms with Crippen LogP contribution in [0.5, 0.6) is 0 Å². The molecule has 0 bridgehead atoms. The molecule has 0 heterocycles. The van der Waals surface area contributed by atoms with Crippen LogP contribution in [0.2, 0.25) is 0 Å². The number of aryl methyl sites for hydroxylation is 1. The summed E-state index contributed by atoms with van der Waals surface area (Å²) in [5, 5.41) is 2.51. The van der Waals surface area contributed by atoms with E-state index in [1.807, 2.05) is 0 Å². The van der Waals surface area contributed by atoms with Crippen LogP contribution in [0, 0.1) is 6.92 Å². The van der Waals surface area contributed by atoms with E-state index < -0.39 is 10.8 Å². The molecule has 1 atom stereocenters. The van der Waals surface area contributed by atoms with E-state index in [0.717, 1.165) is 19.3 Å². The van der Waals surface area contributed by atoms with Gasteiger partial charge in [-0.05, 0) is 207 Å². The van der Waals surface area contributed by atoms with Gasteiger partial charge < -0.3 is 0 Å². The van der Waals surface area contributed by atoms with Gasteiger partial charge in [0.25, 0.3) is 0 Å². The molecule has 0 nitrogen and oxygen atoms in total. The highest BCUT2D eigenvalue weighted by Crippen LogP contribution is 2.69. The molecule has 0 N–H and O–H groups in total. The van der Waals surface area contributed by atoms with Gasteiger partial charge in [0.05, 0.1) is 10.8 Å². The topological polar surface area (TPSA) is 0 Å². The van der Waals surface area contributed by atoms with Gasteiger partial charge in [0.2, 0.25) is 0 Å². The summed E-state index contributed by atoms with van der Waals surface area (Å²) in [6.45, 7) is 2.37. The predicted molar refractivity (Wildman–Crippen MR) is 304 cm³/mol. The van der Waals surface area contributed by atoms with E-state index in [2.05, 4.69) is 261 Å². The van der Waals surface area contributed by atoms with Crippen LogP contribution in [0.1, 0.15) is 62.9 Å². The lowest BCUT2D eigenvalue weighted by Gasteiger charge is -2.51. The summed E-state index contributed by atoms with van der Waals surface area (Å²) in [6.07, 6.45) is 12.3. The maximum atomic E-state index is 3.64. The molecule has 342 valence electrons. The van der Waals surface area contributed by atoms with E-state index >= 15 is 0 Å². The zero-order chi connectivity index (χ0) is 48.3. The summed E-state index contributed by atoms with van der Waals surface area (Å²) in [5.74, 6) is 0. The molecule has 5 aliphatic carbocycles. The van der Waals surface area contributed by atoms with Crippen molar-refractivity contribution in [2.75, 3.05) is 0 Å². The van der Waals surface area contributed by atoms with Crippen LogP contribution in [0.15, 0.2) is 271 Å². The molecule has 10 aromatic rings. The van der Waals surface area contributed by atoms with E-state index in [9.17, 15) is 0 Å². The fraction of sp³-hybridized carbons (Fsp3) is 0.0822. The van der Waals surface area contributed by atoms with Gasteiger partial charge in [0.15, 0.2) is 0 Å². The number of allylic oxidation sites excluding steroid dienone is 7. The third kappa shape index (κ3) is 6.03. The monoisotopic (exact) mass is 926 g/mol. The van der Waals surface area contributed by atoms with E-state index in [-0.39, 0.29) is 0 Å². The second-order valence-corrected chi connectivity index (χ2v) is 20.7. The Kier molecular flexibility index (Phi) is 9.25. The summed E-state index contributed by atoms with van der Waals surface area (Å²) in [5.41, 5.74) is 33.1. The SMILES string of the molecule is Cc1cc2c(cc1-c1cc3ccccc3cc1Cc1cccc(-c3cc(-c4ccccc4)cc(-c4ccccc4)c3)c1)C1(C3=C(C=C=C3)c3ccccc31)C1=C(C=CCC1)C21c2ccccc2-c2ccccc21. The first kappa shape index (κ1) is 41.9. The zero-order valence-corrected chi connectivity index (χ0v) is 40.8. The molecule has 0 aliphatic heterocycles. The Morgan fingerprint density at radius 2 is 0.959 bits per heavy atom. The molecule has 0 saturated heterocycles. The van der Waals surface area contributed by atoms with Gasteiger partial charge in [0, 0.05) is 0 Å². The lowest BCUT2D eigenvalue weighted by Crippen LogP contribution is -2.45. The Hall–Kier alpha value is -8.80. The number of rotatable bonds is 6. The van der Waals surface area contributed by atoms with Crippen molar-refractivity contribution >= 4 is 16.3 Å². The Labute approximate surface area is 428 Å². The van der Waals surface area contributed by atoms with Crippen molar-refractivity contribution in [1.29, 1.82) is 0 Å². The number of hydrogen-bond donors (Lipinski definition) is 0. The van der Waals surface area contributed by atoms with Crippen molar-refractivity contribution in [2.45, 2.75) is 37.0 Å². The Bertz CT molecular complexity index is 4040. The first-order valence-electron chi connectivity index (χ1n) is 26.0. The van der Waals surface area contributed by atoms with E-state index in [1.54, 1.807) is 0 Å². The van der Waals surface area contributed by atoms with Crippen molar-refractivity contribution in [3.05, 3.63) is 321 Å². The van der Waals surface area contributed by atoms with Gasteiger partial charge >= 0.3 is 0 Å². The highest BCUT2D eigenvalue weighted by atomic mass is 14.6. The molecule has 1 unspecified atom stereocenters. The first-order chi connectivity index (χ1) is 36.1. The van der Waals surface area contributed by atoms with Gasteiger partial charge in [-0.2, -0.15) is 0 Å². The highest BCUT2D eigenvalue weighted by Gasteiger charge is 2.60. The average Bonchev–Trinajstić information content (AvgIpc) is 4.14. The Morgan fingerprint density at radius 1 is 0.397 bits per heavy atom. The van der Waals surface area contributed by atoms with Crippen LogP contribution in [0.3, 0.4) is 0 Å². The third-order valence-electron chi connectivity index (χ3n) is 17.0. The van der Waals surface area contributed by atoms with Crippen LogP contribution < -0.4 is 0 Å². The molecule has 2 spiro atoms. The molecule has 15 rings (SSSR count). The minimum Gasteiger partial charge on any atom is -0.120 e. The average molecular weight is 927 g/mol. The fourth-order valence-corrected chi connectivity index (χ4v) is 14.0. The standard InChI is InChI=1S/C73H50/c1-47-38-70-71(73(66-34-15-12-30-60(66)61-31-19-37-67(61)73)69-36-17-16-35-68(69)72(70)64-32-13-10-28-58(64)59-29-11-14-33-65(59)72)46-62(47)63-45-53-26-9-8-25-52(53)41-57(63)40-48-20-18-27-51(39-48)56-43-54(49-21-4-2-5-22-49)42-55(44-56)50-23-6-3-7-24-50/h2-16,18,20-35,37-39,41-46H,17,36,40H2,1H3. The van der Waals surface area contributed by atoms with Crippen molar-refractivity contribution in [2.24, 2.45) is 0 Å². The van der Waals surface area contributed by atoms with E-state index in [4.69, 9.17) is 0 Å². The van der Waals surface area contributed by atoms with Crippen LogP contribution in [-0.4, -0.2) is 0 Å². The van der Waals surface area contributed by atoms with E-state index in [1.165, 1.54) is 139 Å². The normalized spacial score (nSPS) is 17.0. The predicted octanol–water partition coefficient (Wildman–Crippen LogP) is 18.2. The molecule has 0 saturated carbocycles. The molecule has 73 heavy (non-hydrogen) atoms. The maximum absolute atomic E-state index is 3.64. The summed E-state index contributed by atoms with van der Waals surface area (Å²) < 4.78 is 0. The van der Waals surface area contributed by atoms with Crippen molar-refractivity contribution in [3.8, 4) is 55.6 Å². The molecular weight excluding hydrogens is 877 g/mol. The van der Waals surface area contributed by atoms with Gasteiger partial charge in [-0.3, -0.25) is 0 Å². The smallest absolute Gasteiger partial charge is 0.0716 e. The van der Waals surface area contributed by atoms with Gasteiger partial charge in [0.1, 0.15) is 0 Å². The Morgan fingerprint density at radius 3 is 1.64 bits per heavy atom. The van der Waals surface area contributed by atoms with Crippen LogP contribution in [0.4, 0.5) is 0 Å². The fourth-order valence-electron chi connectivity index (χ4n) is 14.0. The lowest BCUT2D eigenvalue weighted by atomic mass is 9.50. The molecule has 0 heteroatoms. The molecule has 0 fully saturated rings. The van der Waals surface area contributed by atoms with Gasteiger partial charge in [-0.15, -0.1) is 5.73 Å². The minimum absolute atomic E-state index is 0.484. The largest absolute Gasteiger partial charge is 0.120 e. The van der Waals surface area contributed by atoms with Crippen molar-refractivity contribution in [3.63, 3.8) is 0 Å². The third-order valence-corrected chi connectivity index (χ3v) is 17.0. The van der Waals surface area contributed by atoms with Crippen LogP contribution in [-0.2, 0) is 17.3 Å². The molecule has 10 aromatic carbocycles. The number of benzene rings is 10. The molecule has 0 radical (unpaired) electrons. The number of fused-ring (bicyclic) bond motifs is 15. The van der Waals surface area contributed by atoms with E-state index in [0.29, 0.717) is 0 Å². The maximum Gasteiger partial charge on any atom is 0.0716 e. The molecule has 0 amide bonds. The summed E-state index contributed by atoms with van der Waals surface area (Å²) in [4.78, 5) is 0. The van der Waals surface area contributed by atoms with Crippen molar-refractivity contribution < 1.29 is 0 Å². The molecular formula is C73H50. The second-order valence-electron chi connectivity index (χ2n) is 20.7.